The molecule has 0 atom stereocenters. The molecular weight excluding hydrogens is 197 g/mol. The molecule has 0 aliphatic rings. The quantitative estimate of drug-likeness (QED) is 0.606. The molecule has 14 heavy (non-hydrogen) atoms. The van der Waals surface area contributed by atoms with Crippen LogP contribution in [0.4, 0.5) is 18.9 Å². The molecule has 0 saturated carbocycles. The summed E-state index contributed by atoms with van der Waals surface area (Å²) in [6.45, 7) is 3.17. The second-order valence-electron chi connectivity index (χ2n) is 2.34. The standard InChI is InChI=1S/C8H7F3N2O/c1-12-13-6-2-4-7(5-3-6)14-8(9,10)11/h2-5,13H,1H2. The van der Waals surface area contributed by atoms with E-state index in [0.717, 1.165) is 0 Å². The fourth-order valence-electron chi connectivity index (χ4n) is 0.822. The third-order valence-corrected chi connectivity index (χ3v) is 1.30. The fraction of sp³-hybridized carbons (Fsp3) is 0.125. The van der Waals surface area contributed by atoms with Crippen molar-refractivity contribution in [1.82, 2.24) is 0 Å². The van der Waals surface area contributed by atoms with Gasteiger partial charge in [0.1, 0.15) is 5.75 Å². The van der Waals surface area contributed by atoms with E-state index < -0.39 is 6.36 Å². The van der Waals surface area contributed by atoms with Crippen LogP contribution in [0.1, 0.15) is 0 Å². The molecule has 0 amide bonds. The number of benzene rings is 1. The molecule has 3 nitrogen and oxygen atoms in total. The molecule has 0 heterocycles. The molecule has 0 fully saturated rings. The molecule has 0 unspecified atom stereocenters. The van der Waals surface area contributed by atoms with Gasteiger partial charge in [0.15, 0.2) is 0 Å². The Hall–Kier alpha value is -1.72. The number of rotatable bonds is 3. The van der Waals surface area contributed by atoms with Crippen molar-refractivity contribution in [1.29, 1.82) is 0 Å². The Labute approximate surface area is 78.2 Å². The van der Waals surface area contributed by atoms with Crippen LogP contribution in [-0.2, 0) is 0 Å². The van der Waals surface area contributed by atoms with Gasteiger partial charge in [0.25, 0.3) is 0 Å². The molecule has 0 spiro atoms. The van der Waals surface area contributed by atoms with E-state index >= 15 is 0 Å². The Morgan fingerprint density at radius 3 is 2.21 bits per heavy atom. The summed E-state index contributed by atoms with van der Waals surface area (Å²) in [5.41, 5.74) is 3.01. The zero-order valence-corrected chi connectivity index (χ0v) is 7.01. The van der Waals surface area contributed by atoms with E-state index in [4.69, 9.17) is 0 Å². The zero-order chi connectivity index (χ0) is 10.6. The highest BCUT2D eigenvalue weighted by Gasteiger charge is 2.30. The van der Waals surface area contributed by atoms with Crippen molar-refractivity contribution >= 4 is 12.4 Å². The van der Waals surface area contributed by atoms with Gasteiger partial charge in [0, 0.05) is 6.72 Å². The molecule has 0 aliphatic heterocycles. The first-order valence-electron chi connectivity index (χ1n) is 3.59. The van der Waals surface area contributed by atoms with Gasteiger partial charge < -0.3 is 4.74 Å². The van der Waals surface area contributed by atoms with E-state index in [1.807, 2.05) is 0 Å². The molecule has 0 aliphatic carbocycles. The van der Waals surface area contributed by atoms with Crippen LogP contribution in [0, 0.1) is 0 Å². The molecule has 0 aromatic heterocycles. The maximum absolute atomic E-state index is 11.7. The number of nitrogens with zero attached hydrogens (tertiary/aromatic N) is 1. The lowest BCUT2D eigenvalue weighted by molar-refractivity contribution is -0.274. The summed E-state index contributed by atoms with van der Waals surface area (Å²) < 4.78 is 38.8. The van der Waals surface area contributed by atoms with Gasteiger partial charge >= 0.3 is 6.36 Å². The maximum Gasteiger partial charge on any atom is 0.573 e. The third kappa shape index (κ3) is 3.34. The minimum Gasteiger partial charge on any atom is -0.406 e. The van der Waals surface area contributed by atoms with Gasteiger partial charge in [-0.25, -0.2) is 0 Å². The Kier molecular flexibility index (Phi) is 2.95. The summed E-state index contributed by atoms with van der Waals surface area (Å²) in [7, 11) is 0. The largest absolute Gasteiger partial charge is 0.573 e. The minimum absolute atomic E-state index is 0.271. The van der Waals surface area contributed by atoms with Crippen LogP contribution >= 0.6 is 0 Å². The predicted octanol–water partition coefficient (Wildman–Crippen LogP) is 2.61. The predicted molar refractivity (Wildman–Crippen MR) is 46.3 cm³/mol. The van der Waals surface area contributed by atoms with Crippen LogP contribution in [0.5, 0.6) is 5.75 Å². The van der Waals surface area contributed by atoms with Crippen molar-refractivity contribution in [2.24, 2.45) is 5.10 Å². The Balaban J connectivity index is 2.68. The molecular formula is C8H7F3N2O. The van der Waals surface area contributed by atoms with Crippen molar-refractivity contribution in [2.75, 3.05) is 5.43 Å². The van der Waals surface area contributed by atoms with Gasteiger partial charge in [-0.1, -0.05) is 0 Å². The molecule has 76 valence electrons. The Morgan fingerprint density at radius 2 is 1.79 bits per heavy atom. The highest BCUT2D eigenvalue weighted by molar-refractivity contribution is 5.47. The number of nitrogens with one attached hydrogen (secondary N) is 1. The van der Waals surface area contributed by atoms with Crippen LogP contribution in [-0.4, -0.2) is 13.1 Å². The molecule has 0 bridgehead atoms. The van der Waals surface area contributed by atoms with Gasteiger partial charge in [0.05, 0.1) is 5.69 Å². The number of halogens is 3. The van der Waals surface area contributed by atoms with Gasteiger partial charge in [-0.2, -0.15) is 5.10 Å². The zero-order valence-electron chi connectivity index (χ0n) is 7.01. The van der Waals surface area contributed by atoms with E-state index in [0.29, 0.717) is 5.69 Å². The molecule has 1 rings (SSSR count). The highest BCUT2D eigenvalue weighted by atomic mass is 19.4. The topological polar surface area (TPSA) is 33.6 Å². The molecule has 0 saturated heterocycles. The second kappa shape index (κ2) is 3.99. The van der Waals surface area contributed by atoms with Gasteiger partial charge in [-0.05, 0) is 24.3 Å². The van der Waals surface area contributed by atoms with Gasteiger partial charge in [0.2, 0.25) is 0 Å². The number of hydrogen-bond acceptors (Lipinski definition) is 3. The SMILES string of the molecule is C=NNc1ccc(OC(F)(F)F)cc1. The summed E-state index contributed by atoms with van der Waals surface area (Å²) >= 11 is 0. The Bertz CT molecular complexity index is 307. The summed E-state index contributed by atoms with van der Waals surface area (Å²) in [6.07, 6.45) is -4.66. The third-order valence-electron chi connectivity index (χ3n) is 1.30. The first-order valence-corrected chi connectivity index (χ1v) is 3.59. The molecule has 6 heteroatoms. The number of hydrogen-bond donors (Lipinski definition) is 1. The van der Waals surface area contributed by atoms with Crippen LogP contribution in [0.15, 0.2) is 29.4 Å². The summed E-state index contributed by atoms with van der Waals surface area (Å²) in [6, 6.07) is 5.16. The molecule has 1 N–H and O–H groups in total. The normalized spacial score (nSPS) is 10.8. The number of hydrazone groups is 1. The molecule has 0 radical (unpaired) electrons. The second-order valence-corrected chi connectivity index (χ2v) is 2.34. The lowest BCUT2D eigenvalue weighted by Crippen LogP contribution is -2.16. The van der Waals surface area contributed by atoms with E-state index in [1.165, 1.54) is 24.3 Å². The monoisotopic (exact) mass is 204 g/mol. The minimum atomic E-state index is -4.66. The van der Waals surface area contributed by atoms with E-state index in [2.05, 4.69) is 22.0 Å². The fourth-order valence-corrected chi connectivity index (χ4v) is 0.822. The lowest BCUT2D eigenvalue weighted by Gasteiger charge is -2.08. The van der Waals surface area contributed by atoms with Crippen molar-refractivity contribution in [3.63, 3.8) is 0 Å². The average Bonchev–Trinajstić information content (AvgIpc) is 2.06. The van der Waals surface area contributed by atoms with Crippen molar-refractivity contribution in [3.8, 4) is 5.75 Å². The van der Waals surface area contributed by atoms with Crippen LogP contribution < -0.4 is 10.2 Å². The average molecular weight is 204 g/mol. The summed E-state index contributed by atoms with van der Waals surface area (Å²) in [4.78, 5) is 0. The van der Waals surface area contributed by atoms with Crippen LogP contribution in [0.25, 0.3) is 0 Å². The van der Waals surface area contributed by atoms with Gasteiger partial charge in [-0.3, -0.25) is 5.43 Å². The van der Waals surface area contributed by atoms with Crippen LogP contribution in [0.3, 0.4) is 0 Å². The summed E-state index contributed by atoms with van der Waals surface area (Å²) in [5, 5.41) is 3.35. The Morgan fingerprint density at radius 1 is 1.21 bits per heavy atom. The van der Waals surface area contributed by atoms with Crippen LogP contribution in [0.2, 0.25) is 0 Å². The van der Waals surface area contributed by atoms with Crippen molar-refractivity contribution < 1.29 is 17.9 Å². The van der Waals surface area contributed by atoms with Crippen molar-refractivity contribution in [2.45, 2.75) is 6.36 Å². The van der Waals surface area contributed by atoms with Crippen molar-refractivity contribution in [3.05, 3.63) is 24.3 Å². The molecule has 1 aromatic rings. The summed E-state index contributed by atoms with van der Waals surface area (Å²) in [5.74, 6) is -0.271. The van der Waals surface area contributed by atoms with E-state index in [1.54, 1.807) is 0 Å². The number of ether oxygens (including phenoxy) is 1. The van der Waals surface area contributed by atoms with Gasteiger partial charge in [-0.15, -0.1) is 13.2 Å². The lowest BCUT2D eigenvalue weighted by atomic mass is 10.3. The van der Waals surface area contributed by atoms with E-state index in [-0.39, 0.29) is 5.75 Å². The first-order chi connectivity index (χ1) is 6.51. The number of anilines is 1. The smallest absolute Gasteiger partial charge is 0.406 e. The first kappa shape index (κ1) is 10.4. The number of alkyl halides is 3. The van der Waals surface area contributed by atoms with E-state index in [9.17, 15) is 13.2 Å². The molecule has 1 aromatic carbocycles. The maximum atomic E-state index is 11.7. The highest BCUT2D eigenvalue weighted by Crippen LogP contribution is 2.23.